The summed E-state index contributed by atoms with van der Waals surface area (Å²) in [4.78, 5) is 9.90. The number of hydrogen-bond acceptors (Lipinski definition) is 5. The topological polar surface area (TPSA) is 70.8 Å². The third-order valence-electron chi connectivity index (χ3n) is 5.92. The zero-order chi connectivity index (χ0) is 18.5. The molecule has 0 aliphatic carbocycles. The Morgan fingerprint density at radius 2 is 2.00 bits per heavy atom. The Hall–Kier alpha value is -0.940. The molecule has 28 heavy (non-hydrogen) atoms. The van der Waals surface area contributed by atoms with Crippen LogP contribution >= 0.6 is 24.0 Å². The van der Waals surface area contributed by atoms with Crippen LogP contribution in [0.4, 0.5) is 0 Å². The van der Waals surface area contributed by atoms with E-state index in [0.717, 1.165) is 76.5 Å². The molecule has 0 bridgehead atoms. The molecule has 0 amide bonds. The van der Waals surface area contributed by atoms with Gasteiger partial charge in [0.2, 0.25) is 0 Å². The number of aryl methyl sites for hydroxylation is 1. The Morgan fingerprint density at radius 3 is 2.82 bits per heavy atom. The Balaban J connectivity index is 0.00000225. The number of fused-ring (bicyclic) bond motifs is 1. The van der Waals surface area contributed by atoms with Crippen molar-refractivity contribution in [2.75, 3.05) is 45.9 Å². The Morgan fingerprint density at radius 1 is 1.14 bits per heavy atom. The molecule has 4 rings (SSSR count). The van der Waals surface area contributed by atoms with E-state index in [1.54, 1.807) is 0 Å². The van der Waals surface area contributed by atoms with Gasteiger partial charge in [-0.25, -0.2) is 4.99 Å². The van der Waals surface area contributed by atoms with E-state index in [-0.39, 0.29) is 24.0 Å². The molecule has 1 aromatic rings. The van der Waals surface area contributed by atoms with Crippen molar-refractivity contribution in [1.82, 2.24) is 29.9 Å². The van der Waals surface area contributed by atoms with Crippen LogP contribution in [0.15, 0.2) is 4.99 Å². The van der Waals surface area contributed by atoms with Gasteiger partial charge in [0.15, 0.2) is 11.8 Å². The van der Waals surface area contributed by atoms with Gasteiger partial charge in [0.25, 0.3) is 0 Å². The predicted molar refractivity (Wildman–Crippen MR) is 120 cm³/mol. The lowest BCUT2D eigenvalue weighted by Crippen LogP contribution is -2.46. The first-order valence-corrected chi connectivity index (χ1v) is 10.6. The molecule has 1 aromatic heterocycles. The molecule has 0 saturated carbocycles. The third-order valence-corrected chi connectivity index (χ3v) is 5.92. The van der Waals surface area contributed by atoms with Gasteiger partial charge >= 0.3 is 0 Å². The normalized spacial score (nSPS) is 23.8. The van der Waals surface area contributed by atoms with Crippen molar-refractivity contribution in [3.8, 4) is 0 Å². The highest BCUT2D eigenvalue weighted by Gasteiger charge is 2.30. The molecule has 2 fully saturated rings. The largest absolute Gasteiger partial charge is 0.379 e. The van der Waals surface area contributed by atoms with E-state index < -0.39 is 0 Å². The SMILES string of the molecule is CCNC(=NCc1nnc2n1CCCCC2)N1CCC(N2CCOCC2)C1.I. The van der Waals surface area contributed by atoms with Gasteiger partial charge in [0.1, 0.15) is 12.4 Å². The highest BCUT2D eigenvalue weighted by Crippen LogP contribution is 2.18. The van der Waals surface area contributed by atoms with E-state index >= 15 is 0 Å². The Labute approximate surface area is 185 Å². The van der Waals surface area contributed by atoms with Gasteiger partial charge in [0, 0.05) is 51.7 Å². The summed E-state index contributed by atoms with van der Waals surface area (Å²) in [6, 6.07) is 0.613. The Bertz CT molecular complexity index is 644. The standard InChI is InChI=1S/C19H33N7O.HI/c1-2-20-19(25-9-7-16(15-25)24-10-12-27-13-11-24)21-14-18-23-22-17-6-4-3-5-8-26(17)18;/h16H,2-15H2,1H3,(H,20,21);1H. The summed E-state index contributed by atoms with van der Waals surface area (Å²) < 4.78 is 7.79. The van der Waals surface area contributed by atoms with Crippen molar-refractivity contribution in [1.29, 1.82) is 0 Å². The number of nitrogens with one attached hydrogen (secondary N) is 1. The average molecular weight is 503 g/mol. The summed E-state index contributed by atoms with van der Waals surface area (Å²) in [5, 5.41) is 12.3. The van der Waals surface area contributed by atoms with Gasteiger partial charge in [-0.3, -0.25) is 4.90 Å². The second-order valence-corrected chi connectivity index (χ2v) is 7.70. The van der Waals surface area contributed by atoms with Gasteiger partial charge in [-0.2, -0.15) is 0 Å². The Kier molecular flexibility index (Phi) is 8.34. The van der Waals surface area contributed by atoms with E-state index in [9.17, 15) is 0 Å². The van der Waals surface area contributed by atoms with Crippen molar-refractivity contribution in [3.05, 3.63) is 11.6 Å². The molecule has 0 radical (unpaired) electrons. The number of aromatic nitrogens is 3. The lowest BCUT2D eigenvalue weighted by atomic mass is 10.2. The van der Waals surface area contributed by atoms with Crippen LogP contribution in [0, 0.1) is 0 Å². The summed E-state index contributed by atoms with van der Waals surface area (Å²) >= 11 is 0. The molecular weight excluding hydrogens is 469 g/mol. The minimum absolute atomic E-state index is 0. The molecule has 158 valence electrons. The molecule has 1 N–H and O–H groups in total. The summed E-state index contributed by atoms with van der Waals surface area (Å²) in [6.45, 7) is 10.6. The number of rotatable bonds is 4. The van der Waals surface area contributed by atoms with Gasteiger partial charge in [-0.15, -0.1) is 34.2 Å². The summed E-state index contributed by atoms with van der Waals surface area (Å²) in [6.07, 6.45) is 5.97. The zero-order valence-corrected chi connectivity index (χ0v) is 19.3. The summed E-state index contributed by atoms with van der Waals surface area (Å²) in [7, 11) is 0. The molecule has 4 heterocycles. The fourth-order valence-corrected chi connectivity index (χ4v) is 4.41. The molecule has 3 aliphatic rings. The molecule has 8 nitrogen and oxygen atoms in total. The number of halogens is 1. The first-order valence-electron chi connectivity index (χ1n) is 10.6. The monoisotopic (exact) mass is 503 g/mol. The van der Waals surface area contributed by atoms with E-state index in [4.69, 9.17) is 9.73 Å². The van der Waals surface area contributed by atoms with E-state index in [0.29, 0.717) is 12.6 Å². The highest BCUT2D eigenvalue weighted by atomic mass is 127. The quantitative estimate of drug-likeness (QED) is 0.382. The minimum Gasteiger partial charge on any atom is -0.379 e. The van der Waals surface area contributed by atoms with Crippen molar-refractivity contribution in [3.63, 3.8) is 0 Å². The van der Waals surface area contributed by atoms with Crippen LogP contribution in [-0.2, 0) is 24.2 Å². The van der Waals surface area contributed by atoms with Gasteiger partial charge in [0.05, 0.1) is 13.2 Å². The molecule has 3 aliphatic heterocycles. The second-order valence-electron chi connectivity index (χ2n) is 7.70. The van der Waals surface area contributed by atoms with Crippen LogP contribution in [0.3, 0.4) is 0 Å². The molecule has 1 atom stereocenters. The lowest BCUT2D eigenvalue weighted by molar-refractivity contribution is 0.0195. The average Bonchev–Trinajstić information content (AvgIpc) is 3.27. The summed E-state index contributed by atoms with van der Waals surface area (Å²) in [5.74, 6) is 3.15. The zero-order valence-electron chi connectivity index (χ0n) is 17.0. The fourth-order valence-electron chi connectivity index (χ4n) is 4.41. The van der Waals surface area contributed by atoms with Crippen LogP contribution in [0.1, 0.15) is 44.3 Å². The molecule has 2 saturated heterocycles. The summed E-state index contributed by atoms with van der Waals surface area (Å²) in [5.41, 5.74) is 0. The van der Waals surface area contributed by atoms with Crippen molar-refractivity contribution < 1.29 is 4.74 Å². The maximum atomic E-state index is 5.50. The number of guanidine groups is 1. The maximum absolute atomic E-state index is 5.50. The van der Waals surface area contributed by atoms with E-state index in [2.05, 4.69) is 36.8 Å². The van der Waals surface area contributed by atoms with Gasteiger partial charge < -0.3 is 19.5 Å². The minimum atomic E-state index is 0. The molecule has 0 aromatic carbocycles. The lowest BCUT2D eigenvalue weighted by Gasteiger charge is -2.32. The van der Waals surface area contributed by atoms with Crippen molar-refractivity contribution in [2.45, 2.75) is 58.2 Å². The molecular formula is C19H34IN7O. The first kappa shape index (κ1) is 21.8. The fraction of sp³-hybridized carbons (Fsp3) is 0.842. The van der Waals surface area contributed by atoms with E-state index in [1.807, 2.05) is 0 Å². The van der Waals surface area contributed by atoms with Crippen molar-refractivity contribution >= 4 is 29.9 Å². The second kappa shape index (κ2) is 10.7. The maximum Gasteiger partial charge on any atom is 0.194 e. The smallest absolute Gasteiger partial charge is 0.194 e. The number of hydrogen-bond donors (Lipinski definition) is 1. The van der Waals surface area contributed by atoms with Crippen LogP contribution in [0.5, 0.6) is 0 Å². The molecule has 0 spiro atoms. The number of morpholine rings is 1. The molecule has 1 unspecified atom stereocenters. The number of nitrogens with zero attached hydrogens (tertiary/aromatic N) is 6. The van der Waals surface area contributed by atoms with Crippen LogP contribution in [0.2, 0.25) is 0 Å². The number of likely N-dealkylation sites (tertiary alicyclic amines) is 1. The van der Waals surface area contributed by atoms with Crippen LogP contribution in [-0.4, -0.2) is 82.5 Å². The van der Waals surface area contributed by atoms with Crippen LogP contribution in [0.25, 0.3) is 0 Å². The van der Waals surface area contributed by atoms with Crippen LogP contribution < -0.4 is 5.32 Å². The number of aliphatic imine (C=N–C) groups is 1. The third kappa shape index (κ3) is 5.15. The first-order chi connectivity index (χ1) is 13.3. The van der Waals surface area contributed by atoms with E-state index in [1.165, 1.54) is 25.7 Å². The van der Waals surface area contributed by atoms with Gasteiger partial charge in [-0.05, 0) is 26.2 Å². The predicted octanol–water partition coefficient (Wildman–Crippen LogP) is 1.49. The highest BCUT2D eigenvalue weighted by molar-refractivity contribution is 14.0. The number of ether oxygens (including phenoxy) is 1. The van der Waals surface area contributed by atoms with Gasteiger partial charge in [-0.1, -0.05) is 6.42 Å². The van der Waals surface area contributed by atoms with Crippen molar-refractivity contribution in [2.24, 2.45) is 4.99 Å². The molecule has 9 heteroatoms.